The van der Waals surface area contributed by atoms with Crippen LogP contribution in [0.2, 0.25) is 0 Å². The van der Waals surface area contributed by atoms with Gasteiger partial charge in [-0.25, -0.2) is 4.39 Å². The first-order valence-corrected chi connectivity index (χ1v) is 9.02. The zero-order valence-electron chi connectivity index (χ0n) is 14.6. The lowest BCUT2D eigenvalue weighted by atomic mass is 9.80. The number of benzene rings is 2. The molecule has 0 aromatic heterocycles. The van der Waals surface area contributed by atoms with Gasteiger partial charge in [-0.3, -0.25) is 4.79 Å². The van der Waals surface area contributed by atoms with Gasteiger partial charge in [0.15, 0.2) is 0 Å². The summed E-state index contributed by atoms with van der Waals surface area (Å²) in [5, 5.41) is 6.47. The maximum atomic E-state index is 13.3. The van der Waals surface area contributed by atoms with Crippen molar-refractivity contribution in [2.24, 2.45) is 0 Å². The van der Waals surface area contributed by atoms with Crippen LogP contribution < -0.4 is 10.6 Å². The SMILES string of the molecule is CCNC(=O)C1(Cc2ccccc2-c2ccc(F)cc2)CCCCN1. The number of hydrogen-bond acceptors (Lipinski definition) is 2. The molecule has 4 heteroatoms. The van der Waals surface area contributed by atoms with Crippen LogP contribution in [0.15, 0.2) is 48.5 Å². The number of piperidine rings is 1. The lowest BCUT2D eigenvalue weighted by Gasteiger charge is -2.37. The van der Waals surface area contributed by atoms with E-state index in [2.05, 4.69) is 16.7 Å². The largest absolute Gasteiger partial charge is 0.355 e. The summed E-state index contributed by atoms with van der Waals surface area (Å²) in [4.78, 5) is 12.8. The molecule has 0 bridgehead atoms. The summed E-state index contributed by atoms with van der Waals surface area (Å²) in [5.74, 6) is -0.169. The summed E-state index contributed by atoms with van der Waals surface area (Å²) in [7, 11) is 0. The first-order valence-electron chi connectivity index (χ1n) is 9.02. The Morgan fingerprint density at radius 3 is 2.60 bits per heavy atom. The van der Waals surface area contributed by atoms with Gasteiger partial charge in [0.05, 0.1) is 0 Å². The number of carbonyl (C=O) groups excluding carboxylic acids is 1. The smallest absolute Gasteiger partial charge is 0.240 e. The van der Waals surface area contributed by atoms with Gasteiger partial charge in [0, 0.05) is 13.0 Å². The van der Waals surface area contributed by atoms with E-state index in [9.17, 15) is 9.18 Å². The van der Waals surface area contributed by atoms with E-state index in [1.165, 1.54) is 12.1 Å². The van der Waals surface area contributed by atoms with Gasteiger partial charge in [-0.15, -0.1) is 0 Å². The molecule has 2 N–H and O–H groups in total. The molecule has 1 fully saturated rings. The summed E-state index contributed by atoms with van der Waals surface area (Å²) in [6.07, 6.45) is 3.60. The van der Waals surface area contributed by atoms with Gasteiger partial charge in [-0.1, -0.05) is 36.4 Å². The van der Waals surface area contributed by atoms with Crippen LogP contribution in [0.25, 0.3) is 11.1 Å². The van der Waals surface area contributed by atoms with Crippen molar-refractivity contribution in [3.05, 3.63) is 59.9 Å². The predicted octanol–water partition coefficient (Wildman–Crippen LogP) is 3.68. The molecular formula is C21H25FN2O. The van der Waals surface area contributed by atoms with Crippen molar-refractivity contribution in [1.29, 1.82) is 0 Å². The molecule has 1 saturated heterocycles. The monoisotopic (exact) mass is 340 g/mol. The zero-order chi connectivity index (χ0) is 17.7. The molecule has 2 aromatic carbocycles. The minimum atomic E-state index is -0.565. The van der Waals surface area contributed by atoms with E-state index in [1.807, 2.05) is 25.1 Å². The molecule has 2 aromatic rings. The van der Waals surface area contributed by atoms with Crippen molar-refractivity contribution in [2.75, 3.05) is 13.1 Å². The van der Waals surface area contributed by atoms with Crippen LogP contribution in [0.5, 0.6) is 0 Å². The second-order valence-electron chi connectivity index (χ2n) is 6.67. The second-order valence-corrected chi connectivity index (χ2v) is 6.67. The molecular weight excluding hydrogens is 315 g/mol. The lowest BCUT2D eigenvalue weighted by Crippen LogP contribution is -2.60. The number of amides is 1. The third kappa shape index (κ3) is 3.90. The van der Waals surface area contributed by atoms with E-state index in [-0.39, 0.29) is 11.7 Å². The average molecular weight is 340 g/mol. The molecule has 0 radical (unpaired) electrons. The Morgan fingerprint density at radius 2 is 1.92 bits per heavy atom. The van der Waals surface area contributed by atoms with Crippen molar-refractivity contribution >= 4 is 5.91 Å². The highest BCUT2D eigenvalue weighted by atomic mass is 19.1. The molecule has 1 unspecified atom stereocenters. The van der Waals surface area contributed by atoms with Crippen molar-refractivity contribution < 1.29 is 9.18 Å². The highest BCUT2D eigenvalue weighted by Gasteiger charge is 2.39. The number of rotatable bonds is 5. The van der Waals surface area contributed by atoms with Crippen LogP contribution in [0, 0.1) is 5.82 Å². The number of hydrogen-bond donors (Lipinski definition) is 2. The van der Waals surface area contributed by atoms with Gasteiger partial charge in [-0.05, 0) is 61.6 Å². The van der Waals surface area contributed by atoms with E-state index in [0.29, 0.717) is 13.0 Å². The lowest BCUT2D eigenvalue weighted by molar-refractivity contribution is -0.128. The number of likely N-dealkylation sites (N-methyl/N-ethyl adjacent to an activating group) is 1. The molecule has 132 valence electrons. The van der Waals surface area contributed by atoms with Crippen LogP contribution in [0.3, 0.4) is 0 Å². The van der Waals surface area contributed by atoms with Gasteiger partial charge in [0.1, 0.15) is 11.4 Å². The fourth-order valence-electron chi connectivity index (χ4n) is 3.63. The Labute approximate surface area is 148 Å². The highest BCUT2D eigenvalue weighted by molar-refractivity contribution is 5.87. The third-order valence-corrected chi connectivity index (χ3v) is 4.93. The van der Waals surface area contributed by atoms with Gasteiger partial charge in [0.25, 0.3) is 0 Å². The number of nitrogens with one attached hydrogen (secondary N) is 2. The standard InChI is InChI=1S/C21H25FN2O/c1-2-23-20(25)21(13-5-6-14-24-21)15-17-7-3-4-8-19(17)16-9-11-18(22)12-10-16/h3-4,7-12,24H,2,5-6,13-15H2,1H3,(H,23,25). The predicted molar refractivity (Wildman–Crippen MR) is 98.8 cm³/mol. The molecule has 3 rings (SSSR count). The van der Waals surface area contributed by atoms with Crippen molar-refractivity contribution in [1.82, 2.24) is 10.6 Å². The Morgan fingerprint density at radius 1 is 1.16 bits per heavy atom. The Balaban J connectivity index is 1.95. The third-order valence-electron chi connectivity index (χ3n) is 4.93. The molecule has 0 aliphatic carbocycles. The van der Waals surface area contributed by atoms with E-state index in [0.717, 1.165) is 42.5 Å². The van der Waals surface area contributed by atoms with E-state index >= 15 is 0 Å². The molecule has 1 amide bonds. The van der Waals surface area contributed by atoms with Gasteiger partial charge >= 0.3 is 0 Å². The summed E-state index contributed by atoms with van der Waals surface area (Å²) in [5.41, 5.74) is 2.57. The van der Waals surface area contributed by atoms with Crippen LogP contribution in [-0.4, -0.2) is 24.5 Å². The summed E-state index contributed by atoms with van der Waals surface area (Å²) in [6, 6.07) is 14.6. The number of carbonyl (C=O) groups is 1. The summed E-state index contributed by atoms with van der Waals surface area (Å²) < 4.78 is 13.3. The Kier molecular flexibility index (Phi) is 5.49. The molecule has 1 aliphatic rings. The van der Waals surface area contributed by atoms with Crippen LogP contribution >= 0.6 is 0 Å². The number of halogens is 1. The molecule has 3 nitrogen and oxygen atoms in total. The van der Waals surface area contributed by atoms with Gasteiger partial charge in [-0.2, -0.15) is 0 Å². The van der Waals surface area contributed by atoms with Crippen molar-refractivity contribution in [3.63, 3.8) is 0 Å². The normalized spacial score (nSPS) is 20.2. The maximum Gasteiger partial charge on any atom is 0.240 e. The molecule has 0 spiro atoms. The van der Waals surface area contributed by atoms with Crippen molar-refractivity contribution in [2.45, 2.75) is 38.1 Å². The van der Waals surface area contributed by atoms with E-state index in [4.69, 9.17) is 0 Å². The highest BCUT2D eigenvalue weighted by Crippen LogP contribution is 2.30. The fraction of sp³-hybridized carbons (Fsp3) is 0.381. The first kappa shape index (κ1) is 17.6. The summed E-state index contributed by atoms with van der Waals surface area (Å²) >= 11 is 0. The average Bonchev–Trinajstić information content (AvgIpc) is 2.64. The molecule has 1 aliphatic heterocycles. The maximum absolute atomic E-state index is 13.3. The quantitative estimate of drug-likeness (QED) is 0.872. The van der Waals surface area contributed by atoms with Gasteiger partial charge in [0.2, 0.25) is 5.91 Å². The molecule has 1 heterocycles. The van der Waals surface area contributed by atoms with Crippen molar-refractivity contribution in [3.8, 4) is 11.1 Å². The molecule has 25 heavy (non-hydrogen) atoms. The Hall–Kier alpha value is -2.20. The van der Waals surface area contributed by atoms with Crippen LogP contribution in [0.1, 0.15) is 31.7 Å². The summed E-state index contributed by atoms with van der Waals surface area (Å²) in [6.45, 7) is 3.43. The van der Waals surface area contributed by atoms with Crippen LogP contribution in [-0.2, 0) is 11.2 Å². The fourth-order valence-corrected chi connectivity index (χ4v) is 3.63. The van der Waals surface area contributed by atoms with Gasteiger partial charge < -0.3 is 10.6 Å². The van der Waals surface area contributed by atoms with E-state index < -0.39 is 5.54 Å². The molecule has 0 saturated carbocycles. The molecule has 1 atom stereocenters. The minimum absolute atomic E-state index is 0.0728. The topological polar surface area (TPSA) is 41.1 Å². The second kappa shape index (κ2) is 7.79. The Bertz CT molecular complexity index is 721. The zero-order valence-corrected chi connectivity index (χ0v) is 14.6. The minimum Gasteiger partial charge on any atom is -0.355 e. The van der Waals surface area contributed by atoms with Crippen LogP contribution in [0.4, 0.5) is 4.39 Å². The first-order chi connectivity index (χ1) is 12.1. The van der Waals surface area contributed by atoms with E-state index in [1.54, 1.807) is 12.1 Å².